The molecule has 0 radical (unpaired) electrons. The van der Waals surface area contributed by atoms with E-state index in [-0.39, 0.29) is 37.8 Å². The Labute approximate surface area is 181 Å². The van der Waals surface area contributed by atoms with E-state index in [0.29, 0.717) is 10.7 Å². The average molecular weight is 551 g/mol. The number of aromatic nitrogens is 4. The summed E-state index contributed by atoms with van der Waals surface area (Å²) in [5.41, 5.74) is -1.73. The highest BCUT2D eigenvalue weighted by atomic mass is 79.9. The van der Waals surface area contributed by atoms with Crippen LogP contribution in [0, 0.1) is 0 Å². The molecule has 0 bridgehead atoms. The molecule has 0 fully saturated rings. The maximum atomic E-state index is 13.0. The number of rotatable bonds is 2. The molecular weight excluding hydrogens is 544 g/mol. The lowest BCUT2D eigenvalue weighted by molar-refractivity contribution is -0.137. The molecule has 12 heteroatoms. The third kappa shape index (κ3) is 3.69. The maximum Gasteiger partial charge on any atom is 0.416 e. The van der Waals surface area contributed by atoms with E-state index in [1.165, 1.54) is 16.9 Å². The number of hydrogen-bond acceptors (Lipinski definition) is 5. The number of hydrogen-bond donors (Lipinski definition) is 0. The van der Waals surface area contributed by atoms with Crippen LogP contribution in [0.25, 0.3) is 28.3 Å². The van der Waals surface area contributed by atoms with Crippen LogP contribution in [0.1, 0.15) is 5.56 Å². The minimum Gasteiger partial charge on any atom is -0.401 e. The topological polar surface area (TPSA) is 73.8 Å². The van der Waals surface area contributed by atoms with Gasteiger partial charge in [0.05, 0.1) is 21.5 Å². The second kappa shape index (κ2) is 7.22. The Morgan fingerprint density at radius 3 is 2.62 bits per heavy atom. The molecule has 0 spiro atoms. The second-order valence-electron chi connectivity index (χ2n) is 5.73. The number of fused-ring (bicyclic) bond motifs is 1. The standard InChI is InChI=1S/C17H6Br2ClF3N4O2/c18-9-5-7(17(21,22)23)4-8-13(9)25-15(29-16(8)28)11-6-12(19)26-27(11)14-10(20)2-1-3-24-14/h1-6H. The number of benzene rings is 1. The van der Waals surface area contributed by atoms with Crippen molar-refractivity contribution in [3.63, 3.8) is 0 Å². The summed E-state index contributed by atoms with van der Waals surface area (Å²) in [6.45, 7) is 0. The van der Waals surface area contributed by atoms with E-state index >= 15 is 0 Å². The molecule has 0 unspecified atom stereocenters. The van der Waals surface area contributed by atoms with Crippen molar-refractivity contribution in [3.8, 4) is 17.4 Å². The molecule has 29 heavy (non-hydrogen) atoms. The van der Waals surface area contributed by atoms with Crippen LogP contribution in [0.5, 0.6) is 0 Å². The number of alkyl halides is 3. The van der Waals surface area contributed by atoms with E-state index in [2.05, 4.69) is 46.9 Å². The summed E-state index contributed by atoms with van der Waals surface area (Å²) in [7, 11) is 0. The van der Waals surface area contributed by atoms with E-state index in [0.717, 1.165) is 6.07 Å². The van der Waals surface area contributed by atoms with Crippen LogP contribution in [-0.4, -0.2) is 19.7 Å². The van der Waals surface area contributed by atoms with E-state index in [1.54, 1.807) is 12.1 Å². The van der Waals surface area contributed by atoms with E-state index in [4.69, 9.17) is 16.0 Å². The molecule has 4 aromatic rings. The van der Waals surface area contributed by atoms with Crippen molar-refractivity contribution in [1.29, 1.82) is 0 Å². The molecule has 3 aromatic heterocycles. The van der Waals surface area contributed by atoms with Gasteiger partial charge in [-0.25, -0.2) is 19.4 Å². The first-order valence-corrected chi connectivity index (χ1v) is 9.70. The van der Waals surface area contributed by atoms with Gasteiger partial charge in [0.15, 0.2) is 5.82 Å². The van der Waals surface area contributed by atoms with Crippen molar-refractivity contribution in [2.45, 2.75) is 6.18 Å². The van der Waals surface area contributed by atoms with Crippen LogP contribution in [0.4, 0.5) is 13.2 Å². The second-order valence-corrected chi connectivity index (χ2v) is 7.81. The number of halogens is 6. The van der Waals surface area contributed by atoms with Gasteiger partial charge in [-0.1, -0.05) is 11.6 Å². The van der Waals surface area contributed by atoms with Gasteiger partial charge in [-0.2, -0.15) is 18.3 Å². The Bertz CT molecular complexity index is 1320. The lowest BCUT2D eigenvalue weighted by atomic mass is 10.1. The highest BCUT2D eigenvalue weighted by Crippen LogP contribution is 2.35. The number of nitrogens with zero attached hydrogens (tertiary/aromatic N) is 4. The summed E-state index contributed by atoms with van der Waals surface area (Å²) in [6, 6.07) is 6.29. The summed E-state index contributed by atoms with van der Waals surface area (Å²) in [6.07, 6.45) is -3.12. The van der Waals surface area contributed by atoms with Crippen molar-refractivity contribution in [2.75, 3.05) is 0 Å². The van der Waals surface area contributed by atoms with E-state index in [1.807, 2.05) is 0 Å². The van der Waals surface area contributed by atoms with Crippen molar-refractivity contribution in [2.24, 2.45) is 0 Å². The van der Waals surface area contributed by atoms with Crippen LogP contribution in [0.15, 0.2) is 54.8 Å². The van der Waals surface area contributed by atoms with Gasteiger partial charge in [0.2, 0.25) is 5.89 Å². The molecule has 0 atom stereocenters. The average Bonchev–Trinajstić information content (AvgIpc) is 3.03. The van der Waals surface area contributed by atoms with Gasteiger partial charge in [-0.05, 0) is 56.1 Å². The molecule has 4 rings (SSSR count). The first kappa shape index (κ1) is 20.0. The molecule has 1 aromatic carbocycles. The van der Waals surface area contributed by atoms with Gasteiger partial charge in [-0.15, -0.1) is 0 Å². The molecule has 0 amide bonds. The van der Waals surface area contributed by atoms with Gasteiger partial charge in [0.1, 0.15) is 10.3 Å². The Morgan fingerprint density at radius 2 is 1.93 bits per heavy atom. The molecular formula is C17H6Br2ClF3N4O2. The first-order valence-electron chi connectivity index (χ1n) is 7.73. The zero-order valence-corrected chi connectivity index (χ0v) is 17.8. The highest BCUT2D eigenvalue weighted by molar-refractivity contribution is 9.10. The minimum atomic E-state index is -4.62. The summed E-state index contributed by atoms with van der Waals surface area (Å²) in [4.78, 5) is 20.8. The normalized spacial score (nSPS) is 11.9. The van der Waals surface area contributed by atoms with Gasteiger partial charge < -0.3 is 4.42 Å². The van der Waals surface area contributed by atoms with Crippen LogP contribution in [-0.2, 0) is 6.18 Å². The monoisotopic (exact) mass is 548 g/mol. The van der Waals surface area contributed by atoms with Crippen molar-refractivity contribution >= 4 is 54.4 Å². The Morgan fingerprint density at radius 1 is 1.17 bits per heavy atom. The summed E-state index contributed by atoms with van der Waals surface area (Å²) >= 11 is 12.5. The van der Waals surface area contributed by atoms with Crippen LogP contribution in [0.3, 0.4) is 0 Å². The zero-order valence-electron chi connectivity index (χ0n) is 13.8. The Balaban J connectivity index is 1.97. The molecule has 6 nitrogen and oxygen atoms in total. The lowest BCUT2D eigenvalue weighted by Crippen LogP contribution is -2.10. The third-order valence-corrected chi connectivity index (χ3v) is 5.14. The molecule has 0 N–H and O–H groups in total. The third-order valence-electron chi connectivity index (χ3n) is 3.85. The molecule has 0 saturated carbocycles. The summed E-state index contributed by atoms with van der Waals surface area (Å²) < 4.78 is 46.0. The first-order chi connectivity index (χ1) is 13.6. The lowest BCUT2D eigenvalue weighted by Gasteiger charge is -2.10. The molecule has 148 valence electrons. The Kier molecular flexibility index (Phi) is 4.99. The van der Waals surface area contributed by atoms with Crippen molar-refractivity contribution in [1.82, 2.24) is 19.7 Å². The summed E-state index contributed by atoms with van der Waals surface area (Å²) in [5.74, 6) is 0.0915. The molecule has 0 saturated heterocycles. The molecule has 0 aliphatic heterocycles. The van der Waals surface area contributed by atoms with Gasteiger partial charge in [0.25, 0.3) is 0 Å². The Hall–Kier alpha value is -2.24. The van der Waals surface area contributed by atoms with E-state index < -0.39 is 17.4 Å². The quantitative estimate of drug-likeness (QED) is 0.323. The summed E-state index contributed by atoms with van der Waals surface area (Å²) in [5, 5.41) is 4.19. The van der Waals surface area contributed by atoms with Crippen molar-refractivity contribution in [3.05, 3.63) is 66.6 Å². The van der Waals surface area contributed by atoms with Gasteiger partial charge in [0, 0.05) is 16.7 Å². The zero-order chi connectivity index (χ0) is 20.9. The number of pyridine rings is 1. The predicted octanol–water partition coefficient (Wildman–Crippen LogP) is 5.63. The molecule has 0 aliphatic carbocycles. The SMILES string of the molecule is O=c1oc(-c2cc(Br)nn2-c2ncccc2Cl)nc2c(Br)cc(C(F)(F)F)cc12. The maximum absolute atomic E-state index is 13.0. The largest absolute Gasteiger partial charge is 0.416 e. The highest BCUT2D eigenvalue weighted by Gasteiger charge is 2.32. The molecule has 0 aliphatic rings. The van der Waals surface area contributed by atoms with E-state index in [9.17, 15) is 18.0 Å². The van der Waals surface area contributed by atoms with Crippen LogP contribution < -0.4 is 5.63 Å². The predicted molar refractivity (Wildman–Crippen MR) is 106 cm³/mol. The minimum absolute atomic E-state index is 0.00234. The fourth-order valence-corrected chi connectivity index (χ4v) is 3.73. The molecule has 3 heterocycles. The fourth-order valence-electron chi connectivity index (χ4n) is 2.61. The van der Waals surface area contributed by atoms with Gasteiger partial charge >= 0.3 is 11.8 Å². The van der Waals surface area contributed by atoms with Crippen molar-refractivity contribution < 1.29 is 17.6 Å². The smallest absolute Gasteiger partial charge is 0.401 e. The van der Waals surface area contributed by atoms with Crippen LogP contribution >= 0.6 is 43.5 Å². The fraction of sp³-hybridized carbons (Fsp3) is 0.0588. The van der Waals surface area contributed by atoms with Crippen LogP contribution in [0.2, 0.25) is 5.02 Å². The van der Waals surface area contributed by atoms with Gasteiger partial charge in [-0.3, -0.25) is 0 Å².